The molecule has 1 aliphatic rings. The Morgan fingerprint density at radius 1 is 1.17 bits per heavy atom. The highest BCUT2D eigenvalue weighted by molar-refractivity contribution is 5.85. The van der Waals surface area contributed by atoms with E-state index in [1.54, 1.807) is 0 Å². The van der Waals surface area contributed by atoms with E-state index in [4.69, 9.17) is 0 Å². The second kappa shape index (κ2) is 9.16. The normalized spacial score (nSPS) is 13.9. The average molecular weight is 278 g/mol. The Hall–Kier alpha value is -0.810. The first-order valence-electron chi connectivity index (χ1n) is 6.34. The molecule has 0 saturated heterocycles. The Morgan fingerprint density at radius 2 is 1.78 bits per heavy atom. The van der Waals surface area contributed by atoms with E-state index >= 15 is 0 Å². The van der Waals surface area contributed by atoms with E-state index in [1.807, 2.05) is 13.8 Å². The predicted molar refractivity (Wildman–Crippen MR) is 73.7 cm³/mol. The molecule has 0 aliphatic heterocycles. The summed E-state index contributed by atoms with van der Waals surface area (Å²) in [6, 6.07) is 0. The monoisotopic (exact) mass is 277 g/mol. The topological polar surface area (TPSA) is 70.2 Å². The van der Waals surface area contributed by atoms with Crippen LogP contribution in [0.3, 0.4) is 0 Å². The van der Waals surface area contributed by atoms with Crippen molar-refractivity contribution in [3.63, 3.8) is 0 Å². The van der Waals surface area contributed by atoms with E-state index in [-0.39, 0.29) is 30.1 Å². The highest BCUT2D eigenvalue weighted by Gasteiger charge is 2.20. The fraction of sp³-hybridized carbons (Fsp3) is 0.833. The molecule has 0 spiro atoms. The molecule has 0 radical (unpaired) electrons. The second-order valence-corrected chi connectivity index (χ2v) is 4.87. The smallest absolute Gasteiger partial charge is 0.234 e. The molecule has 2 amide bonds. The SMILES string of the molecule is CC(C)C(=O)NCCNC(=O)CNCC1CC1.Cl. The van der Waals surface area contributed by atoms with E-state index in [9.17, 15) is 9.59 Å². The van der Waals surface area contributed by atoms with Gasteiger partial charge in [0.15, 0.2) is 0 Å². The number of amides is 2. The maximum absolute atomic E-state index is 11.3. The van der Waals surface area contributed by atoms with Gasteiger partial charge in [0.2, 0.25) is 11.8 Å². The largest absolute Gasteiger partial charge is 0.354 e. The van der Waals surface area contributed by atoms with Gasteiger partial charge in [-0.25, -0.2) is 0 Å². The van der Waals surface area contributed by atoms with Gasteiger partial charge in [0.25, 0.3) is 0 Å². The Morgan fingerprint density at radius 3 is 2.33 bits per heavy atom. The molecule has 1 aliphatic carbocycles. The lowest BCUT2D eigenvalue weighted by Gasteiger charge is -2.09. The zero-order chi connectivity index (χ0) is 12.7. The Balaban J connectivity index is 0.00000289. The Bertz CT molecular complexity index is 268. The molecule has 5 nitrogen and oxygen atoms in total. The molecule has 1 saturated carbocycles. The van der Waals surface area contributed by atoms with Crippen molar-refractivity contribution in [1.82, 2.24) is 16.0 Å². The molecule has 1 fully saturated rings. The van der Waals surface area contributed by atoms with Crippen LogP contribution in [0.1, 0.15) is 26.7 Å². The quantitative estimate of drug-likeness (QED) is 0.559. The molecule has 0 bridgehead atoms. The number of nitrogens with one attached hydrogen (secondary N) is 3. The molecule has 0 aromatic heterocycles. The first kappa shape index (κ1) is 17.2. The minimum Gasteiger partial charge on any atom is -0.354 e. The fourth-order valence-corrected chi connectivity index (χ4v) is 1.37. The number of halogens is 1. The van der Waals surface area contributed by atoms with E-state index < -0.39 is 0 Å². The molecule has 6 heteroatoms. The second-order valence-electron chi connectivity index (χ2n) is 4.87. The molecule has 18 heavy (non-hydrogen) atoms. The first-order chi connectivity index (χ1) is 8.09. The summed E-state index contributed by atoms with van der Waals surface area (Å²) in [5.41, 5.74) is 0. The van der Waals surface area contributed by atoms with Crippen molar-refractivity contribution in [1.29, 1.82) is 0 Å². The van der Waals surface area contributed by atoms with Crippen LogP contribution in [0, 0.1) is 11.8 Å². The minimum atomic E-state index is -0.00977. The molecule has 3 N–H and O–H groups in total. The lowest BCUT2D eigenvalue weighted by Crippen LogP contribution is -2.40. The van der Waals surface area contributed by atoms with Gasteiger partial charge in [-0.15, -0.1) is 12.4 Å². The highest BCUT2D eigenvalue weighted by atomic mass is 35.5. The number of hydrogen-bond acceptors (Lipinski definition) is 3. The first-order valence-corrected chi connectivity index (χ1v) is 6.34. The maximum Gasteiger partial charge on any atom is 0.234 e. The van der Waals surface area contributed by atoms with Crippen LogP contribution < -0.4 is 16.0 Å². The van der Waals surface area contributed by atoms with Crippen molar-refractivity contribution in [2.45, 2.75) is 26.7 Å². The summed E-state index contributed by atoms with van der Waals surface area (Å²) in [5, 5.41) is 8.62. The van der Waals surface area contributed by atoms with Crippen molar-refractivity contribution in [2.75, 3.05) is 26.2 Å². The molecular formula is C12H24ClN3O2. The van der Waals surface area contributed by atoms with Crippen LogP contribution in [-0.2, 0) is 9.59 Å². The van der Waals surface area contributed by atoms with Crippen molar-refractivity contribution in [3.05, 3.63) is 0 Å². The highest BCUT2D eigenvalue weighted by Crippen LogP contribution is 2.27. The van der Waals surface area contributed by atoms with Crippen LogP contribution >= 0.6 is 12.4 Å². The number of hydrogen-bond donors (Lipinski definition) is 3. The molecule has 0 aromatic rings. The Labute approximate surface area is 115 Å². The Kier molecular flexibility index (Phi) is 8.75. The lowest BCUT2D eigenvalue weighted by atomic mass is 10.2. The third kappa shape index (κ3) is 8.31. The summed E-state index contributed by atoms with van der Waals surface area (Å²) in [6.45, 7) is 5.98. The van der Waals surface area contributed by atoms with Gasteiger partial charge in [-0.2, -0.15) is 0 Å². The van der Waals surface area contributed by atoms with Gasteiger partial charge < -0.3 is 16.0 Å². The third-order valence-corrected chi connectivity index (χ3v) is 2.69. The van der Waals surface area contributed by atoms with Crippen molar-refractivity contribution in [3.8, 4) is 0 Å². The third-order valence-electron chi connectivity index (χ3n) is 2.69. The molecule has 0 aromatic carbocycles. The van der Waals surface area contributed by atoms with Crippen LogP contribution in [0.2, 0.25) is 0 Å². The van der Waals surface area contributed by atoms with Crippen LogP contribution in [0.15, 0.2) is 0 Å². The van der Waals surface area contributed by atoms with Crippen LogP contribution in [0.25, 0.3) is 0 Å². The fourth-order valence-electron chi connectivity index (χ4n) is 1.37. The molecule has 0 atom stereocenters. The van der Waals surface area contributed by atoms with Gasteiger partial charge in [0.05, 0.1) is 6.54 Å². The number of carbonyl (C=O) groups excluding carboxylic acids is 2. The molecular weight excluding hydrogens is 254 g/mol. The summed E-state index contributed by atoms with van der Waals surface area (Å²) in [5.74, 6) is 0.787. The van der Waals surface area contributed by atoms with E-state index in [0.29, 0.717) is 19.6 Å². The van der Waals surface area contributed by atoms with Crippen LogP contribution in [-0.4, -0.2) is 38.0 Å². The summed E-state index contributed by atoms with van der Waals surface area (Å²) in [6.07, 6.45) is 2.58. The van der Waals surface area contributed by atoms with Gasteiger partial charge in [0, 0.05) is 19.0 Å². The predicted octanol–water partition coefficient (Wildman–Crippen LogP) is 0.296. The molecule has 106 valence electrons. The average Bonchev–Trinajstić information content (AvgIpc) is 3.08. The lowest BCUT2D eigenvalue weighted by molar-refractivity contribution is -0.124. The zero-order valence-electron chi connectivity index (χ0n) is 11.1. The van der Waals surface area contributed by atoms with Gasteiger partial charge in [-0.05, 0) is 25.3 Å². The van der Waals surface area contributed by atoms with Gasteiger partial charge >= 0.3 is 0 Å². The summed E-state index contributed by atoms with van der Waals surface area (Å²) in [7, 11) is 0. The standard InChI is InChI=1S/C12H23N3O2.ClH/c1-9(2)12(17)15-6-5-14-11(16)8-13-7-10-3-4-10;/h9-10,13H,3-8H2,1-2H3,(H,14,16)(H,15,17);1H. The van der Waals surface area contributed by atoms with Crippen molar-refractivity contribution >= 4 is 24.2 Å². The molecule has 0 unspecified atom stereocenters. The zero-order valence-corrected chi connectivity index (χ0v) is 11.9. The molecule has 0 heterocycles. The van der Waals surface area contributed by atoms with Gasteiger partial charge in [0.1, 0.15) is 0 Å². The van der Waals surface area contributed by atoms with Crippen molar-refractivity contribution in [2.24, 2.45) is 11.8 Å². The maximum atomic E-state index is 11.3. The van der Waals surface area contributed by atoms with E-state index in [1.165, 1.54) is 12.8 Å². The summed E-state index contributed by atoms with van der Waals surface area (Å²) >= 11 is 0. The summed E-state index contributed by atoms with van der Waals surface area (Å²) in [4.78, 5) is 22.5. The van der Waals surface area contributed by atoms with Gasteiger partial charge in [-0.3, -0.25) is 9.59 Å². The summed E-state index contributed by atoms with van der Waals surface area (Å²) < 4.78 is 0. The van der Waals surface area contributed by atoms with E-state index in [2.05, 4.69) is 16.0 Å². The molecule has 1 rings (SSSR count). The van der Waals surface area contributed by atoms with Gasteiger partial charge in [-0.1, -0.05) is 13.8 Å². The van der Waals surface area contributed by atoms with Crippen LogP contribution in [0.5, 0.6) is 0 Å². The number of carbonyl (C=O) groups is 2. The van der Waals surface area contributed by atoms with Crippen LogP contribution in [0.4, 0.5) is 0 Å². The van der Waals surface area contributed by atoms with Crippen molar-refractivity contribution < 1.29 is 9.59 Å². The minimum absolute atomic E-state index is 0. The number of rotatable bonds is 8. The van der Waals surface area contributed by atoms with E-state index in [0.717, 1.165) is 12.5 Å².